The minimum Gasteiger partial charge on any atom is -0.454 e. The molecule has 0 saturated carbocycles. The summed E-state index contributed by atoms with van der Waals surface area (Å²) < 4.78 is 38.1. The number of para-hydroxylation sites is 1. The summed E-state index contributed by atoms with van der Waals surface area (Å²) in [7, 11) is -3.76. The molecule has 1 N–H and O–H groups in total. The van der Waals surface area contributed by atoms with Crippen LogP contribution in [-0.2, 0) is 15.6 Å². The smallest absolute Gasteiger partial charge is 0.264 e. The number of hydrogen-bond donors (Lipinski definition) is 1. The van der Waals surface area contributed by atoms with Crippen molar-refractivity contribution in [2.45, 2.75) is 23.8 Å². The molecule has 0 radical (unpaired) electrons. The Morgan fingerprint density at radius 2 is 1.88 bits per heavy atom. The highest BCUT2D eigenvalue weighted by Gasteiger charge is 2.38. The van der Waals surface area contributed by atoms with Crippen LogP contribution in [0.25, 0.3) is 0 Å². The summed E-state index contributed by atoms with van der Waals surface area (Å²) in [6, 6.07) is 11.6. The van der Waals surface area contributed by atoms with Gasteiger partial charge in [-0.3, -0.25) is 4.31 Å². The zero-order valence-electron chi connectivity index (χ0n) is 13.1. The minimum atomic E-state index is -3.76. The quantitative estimate of drug-likeness (QED) is 0.901. The average molecular weight is 347 g/mol. The first-order valence-electron chi connectivity index (χ1n) is 7.64. The van der Waals surface area contributed by atoms with Crippen molar-refractivity contribution in [1.29, 1.82) is 0 Å². The number of fused-ring (bicyclic) bond motifs is 2. The Morgan fingerprint density at radius 3 is 2.71 bits per heavy atom. The van der Waals surface area contributed by atoms with Crippen molar-refractivity contribution in [2.24, 2.45) is 0 Å². The van der Waals surface area contributed by atoms with E-state index in [0.29, 0.717) is 29.2 Å². The van der Waals surface area contributed by atoms with Crippen molar-refractivity contribution >= 4 is 15.7 Å². The lowest BCUT2D eigenvalue weighted by molar-refractivity contribution is 0.0472. The van der Waals surface area contributed by atoms with E-state index < -0.39 is 15.6 Å². The number of aliphatic hydroxyl groups is 1. The maximum atomic E-state index is 13.1. The van der Waals surface area contributed by atoms with Gasteiger partial charge in [-0.05, 0) is 31.5 Å². The Bertz CT molecular complexity index is 907. The van der Waals surface area contributed by atoms with Gasteiger partial charge >= 0.3 is 0 Å². The molecule has 2 aliphatic rings. The third-order valence-electron chi connectivity index (χ3n) is 4.49. The van der Waals surface area contributed by atoms with Gasteiger partial charge in [0, 0.05) is 18.2 Å². The van der Waals surface area contributed by atoms with Crippen molar-refractivity contribution in [3.8, 4) is 11.5 Å². The number of rotatable bonds is 2. The van der Waals surface area contributed by atoms with E-state index in [9.17, 15) is 13.5 Å². The second-order valence-electron chi connectivity index (χ2n) is 6.13. The molecule has 2 heterocycles. The molecule has 24 heavy (non-hydrogen) atoms. The van der Waals surface area contributed by atoms with Gasteiger partial charge in [0.2, 0.25) is 6.79 Å². The monoisotopic (exact) mass is 347 g/mol. The van der Waals surface area contributed by atoms with Crippen molar-refractivity contribution in [3.05, 3.63) is 48.0 Å². The minimum absolute atomic E-state index is 0.0915. The first-order valence-corrected chi connectivity index (χ1v) is 9.08. The van der Waals surface area contributed by atoms with Gasteiger partial charge in [-0.15, -0.1) is 0 Å². The molecule has 1 atom stereocenters. The van der Waals surface area contributed by atoms with Crippen LogP contribution < -0.4 is 13.8 Å². The first-order chi connectivity index (χ1) is 11.4. The summed E-state index contributed by atoms with van der Waals surface area (Å²) >= 11 is 0. The fourth-order valence-electron chi connectivity index (χ4n) is 3.14. The van der Waals surface area contributed by atoms with Crippen LogP contribution in [0.5, 0.6) is 11.5 Å². The van der Waals surface area contributed by atoms with Crippen LogP contribution in [0.15, 0.2) is 47.4 Å². The number of hydrogen-bond acceptors (Lipinski definition) is 5. The number of sulfonamides is 1. The molecule has 0 bridgehead atoms. The lowest BCUT2D eigenvalue weighted by Crippen LogP contribution is -2.42. The van der Waals surface area contributed by atoms with E-state index >= 15 is 0 Å². The average Bonchev–Trinajstić information content (AvgIpc) is 3.02. The van der Waals surface area contributed by atoms with Crippen LogP contribution in [-0.4, -0.2) is 26.9 Å². The van der Waals surface area contributed by atoms with Crippen LogP contribution in [0.4, 0.5) is 5.69 Å². The molecule has 7 heteroatoms. The van der Waals surface area contributed by atoms with Gasteiger partial charge in [-0.25, -0.2) is 8.42 Å². The molecule has 2 aromatic carbocycles. The molecule has 0 spiro atoms. The zero-order chi connectivity index (χ0) is 16.9. The molecule has 4 rings (SSSR count). The highest BCUT2D eigenvalue weighted by atomic mass is 32.2. The standard InChI is InChI=1S/C17H17NO5S/c1-17(19)8-9-18(14-5-3-2-4-13(14)17)24(20,21)12-6-7-15-16(10-12)23-11-22-15/h2-7,10,19H,8-9,11H2,1H3. The highest BCUT2D eigenvalue weighted by Crippen LogP contribution is 2.41. The normalized spacial score (nSPS) is 22.3. The second kappa shape index (κ2) is 5.12. The van der Waals surface area contributed by atoms with Crippen LogP contribution >= 0.6 is 0 Å². The predicted molar refractivity (Wildman–Crippen MR) is 87.7 cm³/mol. The van der Waals surface area contributed by atoms with Gasteiger partial charge in [-0.1, -0.05) is 18.2 Å². The lowest BCUT2D eigenvalue weighted by atomic mass is 9.88. The fraction of sp³-hybridized carbons (Fsp3) is 0.294. The third-order valence-corrected chi connectivity index (χ3v) is 6.30. The molecule has 0 fully saturated rings. The summed E-state index contributed by atoms with van der Waals surface area (Å²) in [6.07, 6.45) is 0.327. The van der Waals surface area contributed by atoms with E-state index in [1.807, 2.05) is 0 Å². The number of ether oxygens (including phenoxy) is 2. The van der Waals surface area contributed by atoms with Crippen molar-refractivity contribution < 1.29 is 23.0 Å². The van der Waals surface area contributed by atoms with Crippen LogP contribution in [0.1, 0.15) is 18.9 Å². The first kappa shape index (κ1) is 15.3. The van der Waals surface area contributed by atoms with Gasteiger partial charge in [0.25, 0.3) is 10.0 Å². The number of anilines is 1. The second-order valence-corrected chi connectivity index (χ2v) is 8.00. The molecule has 1 unspecified atom stereocenters. The summed E-state index contributed by atoms with van der Waals surface area (Å²) in [5.74, 6) is 0.962. The van der Waals surface area contributed by atoms with Gasteiger partial charge in [0.1, 0.15) is 0 Å². The van der Waals surface area contributed by atoms with E-state index in [2.05, 4.69) is 0 Å². The topological polar surface area (TPSA) is 76.1 Å². The Labute approximate surface area is 140 Å². The van der Waals surface area contributed by atoms with Gasteiger partial charge in [-0.2, -0.15) is 0 Å². The molecular formula is C17H17NO5S. The summed E-state index contributed by atoms with van der Waals surface area (Å²) in [4.78, 5) is 0.142. The van der Waals surface area contributed by atoms with Crippen LogP contribution in [0, 0.1) is 0 Å². The van der Waals surface area contributed by atoms with E-state index in [1.165, 1.54) is 16.4 Å². The van der Waals surface area contributed by atoms with E-state index in [4.69, 9.17) is 9.47 Å². The Balaban J connectivity index is 1.81. The lowest BCUT2D eigenvalue weighted by Gasteiger charge is -2.38. The zero-order valence-corrected chi connectivity index (χ0v) is 13.9. The van der Waals surface area contributed by atoms with E-state index in [0.717, 1.165) is 0 Å². The Morgan fingerprint density at radius 1 is 1.12 bits per heavy atom. The predicted octanol–water partition coefficient (Wildman–Crippen LogP) is 2.22. The largest absolute Gasteiger partial charge is 0.454 e. The summed E-state index contributed by atoms with van der Waals surface area (Å²) in [6.45, 7) is 2.01. The maximum absolute atomic E-state index is 13.1. The van der Waals surface area contributed by atoms with E-state index in [-0.39, 0.29) is 18.2 Å². The van der Waals surface area contributed by atoms with Crippen molar-refractivity contribution in [2.75, 3.05) is 17.6 Å². The molecular weight excluding hydrogens is 330 g/mol. The van der Waals surface area contributed by atoms with Crippen molar-refractivity contribution in [3.63, 3.8) is 0 Å². The molecule has 2 aromatic rings. The van der Waals surface area contributed by atoms with Gasteiger partial charge in [0.15, 0.2) is 11.5 Å². The molecule has 126 valence electrons. The van der Waals surface area contributed by atoms with Crippen molar-refractivity contribution in [1.82, 2.24) is 0 Å². The van der Waals surface area contributed by atoms with Gasteiger partial charge in [0.05, 0.1) is 16.2 Å². The van der Waals surface area contributed by atoms with Crippen LogP contribution in [0.2, 0.25) is 0 Å². The molecule has 0 saturated heterocycles. The van der Waals surface area contributed by atoms with E-state index in [1.54, 1.807) is 37.3 Å². The molecule has 0 amide bonds. The Hall–Kier alpha value is -2.25. The number of benzene rings is 2. The highest BCUT2D eigenvalue weighted by molar-refractivity contribution is 7.92. The molecule has 0 aromatic heterocycles. The Kier molecular flexibility index (Phi) is 3.26. The SMILES string of the molecule is CC1(O)CCN(S(=O)(=O)c2ccc3c(c2)OCO3)c2ccccc21. The van der Waals surface area contributed by atoms with Crippen LogP contribution in [0.3, 0.4) is 0 Å². The molecule has 6 nitrogen and oxygen atoms in total. The fourth-order valence-corrected chi connectivity index (χ4v) is 4.64. The third kappa shape index (κ3) is 2.23. The maximum Gasteiger partial charge on any atom is 0.264 e. The summed E-state index contributed by atoms with van der Waals surface area (Å²) in [5, 5.41) is 10.5. The number of nitrogens with zero attached hydrogens (tertiary/aromatic N) is 1. The molecule has 2 aliphatic heterocycles. The summed E-state index contributed by atoms with van der Waals surface area (Å²) in [5.41, 5.74) is 0.0734. The molecule has 0 aliphatic carbocycles. The van der Waals surface area contributed by atoms with Gasteiger partial charge < -0.3 is 14.6 Å².